The molecule has 0 radical (unpaired) electrons. The summed E-state index contributed by atoms with van der Waals surface area (Å²) >= 11 is 0. The van der Waals surface area contributed by atoms with Crippen molar-refractivity contribution in [3.63, 3.8) is 0 Å². The van der Waals surface area contributed by atoms with Crippen molar-refractivity contribution in [3.8, 4) is 36.4 Å². The van der Waals surface area contributed by atoms with Gasteiger partial charge in [-0.25, -0.2) is 0 Å². The van der Waals surface area contributed by atoms with Crippen molar-refractivity contribution in [1.82, 2.24) is 5.32 Å². The van der Waals surface area contributed by atoms with E-state index in [1.807, 2.05) is 36.4 Å². The summed E-state index contributed by atoms with van der Waals surface area (Å²) in [7, 11) is 1.57. The summed E-state index contributed by atoms with van der Waals surface area (Å²) in [5.74, 6) is 3.58. The smallest absolute Gasteiger partial charge is 0.220 e. The molecule has 0 unspecified atom stereocenters. The van der Waals surface area contributed by atoms with E-state index >= 15 is 0 Å². The van der Waals surface area contributed by atoms with Crippen molar-refractivity contribution in [1.29, 1.82) is 0 Å². The second-order valence-corrected chi connectivity index (χ2v) is 5.98. The largest absolute Gasteiger partial charge is 0.493 e. The minimum Gasteiger partial charge on any atom is -0.493 e. The van der Waals surface area contributed by atoms with Crippen molar-refractivity contribution in [2.75, 3.05) is 13.7 Å². The van der Waals surface area contributed by atoms with Gasteiger partial charge >= 0.3 is 0 Å². The summed E-state index contributed by atoms with van der Waals surface area (Å²) in [4.78, 5) is 12.1. The van der Waals surface area contributed by atoms with Crippen LogP contribution in [0.3, 0.4) is 0 Å². The fraction of sp³-hybridized carbons (Fsp3) is 0.261. The first-order valence-corrected chi connectivity index (χ1v) is 8.81. The fourth-order valence-electron chi connectivity index (χ4n) is 2.53. The topological polar surface area (TPSA) is 56.8 Å². The van der Waals surface area contributed by atoms with E-state index in [1.165, 1.54) is 0 Å². The van der Waals surface area contributed by atoms with Gasteiger partial charge in [0.05, 0.1) is 7.11 Å². The van der Waals surface area contributed by atoms with Crippen LogP contribution in [0.1, 0.15) is 23.1 Å². The summed E-state index contributed by atoms with van der Waals surface area (Å²) in [6.45, 7) is 1.02. The maximum Gasteiger partial charge on any atom is 0.220 e. The van der Waals surface area contributed by atoms with E-state index in [0.717, 1.165) is 16.7 Å². The van der Waals surface area contributed by atoms with Gasteiger partial charge in [-0.3, -0.25) is 4.79 Å². The van der Waals surface area contributed by atoms with Gasteiger partial charge in [-0.05, 0) is 35.2 Å². The molecule has 0 saturated heterocycles. The van der Waals surface area contributed by atoms with Crippen molar-refractivity contribution >= 4 is 5.91 Å². The van der Waals surface area contributed by atoms with E-state index in [4.69, 9.17) is 27.1 Å². The fourth-order valence-corrected chi connectivity index (χ4v) is 2.53. The number of methoxy groups -OCH3 is 1. The number of nitrogens with one attached hydrogen (secondary N) is 1. The van der Waals surface area contributed by atoms with Gasteiger partial charge in [0.1, 0.15) is 19.3 Å². The molecular formula is C23H23NO4. The van der Waals surface area contributed by atoms with Gasteiger partial charge in [0, 0.05) is 13.0 Å². The summed E-state index contributed by atoms with van der Waals surface area (Å²) in [5, 5.41) is 2.92. The molecule has 0 fully saturated rings. The van der Waals surface area contributed by atoms with E-state index in [2.05, 4.69) is 17.3 Å². The van der Waals surface area contributed by atoms with E-state index in [0.29, 0.717) is 37.5 Å². The molecule has 0 atom stereocenters. The van der Waals surface area contributed by atoms with Crippen molar-refractivity contribution in [2.45, 2.75) is 26.0 Å². The van der Waals surface area contributed by atoms with Crippen LogP contribution in [-0.4, -0.2) is 19.6 Å². The molecule has 2 aromatic rings. The Labute approximate surface area is 166 Å². The molecular weight excluding hydrogens is 354 g/mol. The number of ether oxygens (including phenoxy) is 3. The lowest BCUT2D eigenvalue weighted by Gasteiger charge is -2.11. The minimum atomic E-state index is -0.0219. The molecule has 0 aromatic heterocycles. The Hall–Kier alpha value is -3.57. The molecule has 5 heteroatoms. The normalized spacial score (nSPS) is 9.68. The van der Waals surface area contributed by atoms with Gasteiger partial charge in [-0.1, -0.05) is 42.7 Å². The molecule has 2 aromatic carbocycles. The lowest BCUT2D eigenvalue weighted by molar-refractivity contribution is -0.121. The Morgan fingerprint density at radius 1 is 1.04 bits per heavy atom. The van der Waals surface area contributed by atoms with Crippen LogP contribution in [0.5, 0.6) is 11.5 Å². The Bertz CT molecular complexity index is 860. The molecule has 2 rings (SSSR count). The second kappa shape index (κ2) is 11.2. The first-order chi connectivity index (χ1) is 13.7. The Morgan fingerprint density at radius 2 is 1.75 bits per heavy atom. The first-order valence-electron chi connectivity index (χ1n) is 8.81. The summed E-state index contributed by atoms with van der Waals surface area (Å²) < 4.78 is 15.6. The van der Waals surface area contributed by atoms with E-state index < -0.39 is 0 Å². The van der Waals surface area contributed by atoms with Gasteiger partial charge in [0.25, 0.3) is 0 Å². The molecule has 1 N–H and O–H groups in total. The van der Waals surface area contributed by atoms with Crippen LogP contribution in [0.25, 0.3) is 0 Å². The number of aryl methyl sites for hydroxylation is 1. The third-order valence-electron chi connectivity index (χ3n) is 4.01. The number of hydrogen-bond acceptors (Lipinski definition) is 4. The van der Waals surface area contributed by atoms with Crippen molar-refractivity contribution in [3.05, 3.63) is 59.2 Å². The highest BCUT2D eigenvalue weighted by atomic mass is 16.5. The molecule has 28 heavy (non-hydrogen) atoms. The molecule has 0 aliphatic carbocycles. The number of hydrogen-bond donors (Lipinski definition) is 1. The number of benzene rings is 2. The molecule has 0 heterocycles. The molecule has 0 aliphatic rings. The van der Waals surface area contributed by atoms with Crippen LogP contribution in [-0.2, 0) is 29.1 Å². The second-order valence-electron chi connectivity index (χ2n) is 5.98. The van der Waals surface area contributed by atoms with E-state index in [9.17, 15) is 4.79 Å². The maximum absolute atomic E-state index is 12.1. The van der Waals surface area contributed by atoms with E-state index in [-0.39, 0.29) is 12.5 Å². The van der Waals surface area contributed by atoms with Crippen molar-refractivity contribution in [2.24, 2.45) is 0 Å². The lowest BCUT2D eigenvalue weighted by Crippen LogP contribution is -2.23. The van der Waals surface area contributed by atoms with E-state index in [1.54, 1.807) is 13.2 Å². The minimum absolute atomic E-state index is 0.0219. The molecule has 0 saturated carbocycles. The molecule has 0 spiro atoms. The summed E-state index contributed by atoms with van der Waals surface area (Å²) in [6, 6.07) is 13.3. The molecule has 0 bridgehead atoms. The quantitative estimate of drug-likeness (QED) is 0.647. The number of carbonyl (C=O) groups is 1. The predicted octanol–water partition coefficient (Wildman–Crippen LogP) is 3.06. The van der Waals surface area contributed by atoms with Crippen LogP contribution in [0.2, 0.25) is 0 Å². The van der Waals surface area contributed by atoms with Gasteiger partial charge in [-0.15, -0.1) is 6.42 Å². The third kappa shape index (κ3) is 6.63. The zero-order valence-electron chi connectivity index (χ0n) is 15.9. The molecule has 5 nitrogen and oxygen atoms in total. The van der Waals surface area contributed by atoms with Crippen LogP contribution in [0.15, 0.2) is 42.5 Å². The number of carbonyl (C=O) groups excluding carboxylic acids is 1. The number of rotatable bonds is 10. The van der Waals surface area contributed by atoms with Gasteiger partial charge in [0.2, 0.25) is 5.91 Å². The maximum atomic E-state index is 12.1. The Kier molecular flexibility index (Phi) is 8.30. The number of terminal acetylenes is 2. The third-order valence-corrected chi connectivity index (χ3v) is 4.01. The SMILES string of the molecule is C#CCOc1ccc(CCC(=O)NCc2ccc(COC#C)cc2)cc1OC. The average Bonchev–Trinajstić information content (AvgIpc) is 2.74. The first kappa shape index (κ1) is 20.7. The lowest BCUT2D eigenvalue weighted by atomic mass is 10.1. The molecule has 1 amide bonds. The zero-order valence-corrected chi connectivity index (χ0v) is 15.9. The van der Waals surface area contributed by atoms with Crippen LogP contribution in [0, 0.1) is 24.9 Å². The average molecular weight is 377 g/mol. The van der Waals surface area contributed by atoms with Crippen LogP contribution in [0.4, 0.5) is 0 Å². The van der Waals surface area contributed by atoms with Crippen LogP contribution >= 0.6 is 0 Å². The summed E-state index contributed by atoms with van der Waals surface area (Å²) in [5.41, 5.74) is 2.98. The van der Waals surface area contributed by atoms with Gasteiger partial charge < -0.3 is 19.5 Å². The monoisotopic (exact) mass is 377 g/mol. The highest BCUT2D eigenvalue weighted by Crippen LogP contribution is 2.28. The van der Waals surface area contributed by atoms with Crippen molar-refractivity contribution < 1.29 is 19.0 Å². The molecule has 0 aliphatic heterocycles. The highest BCUT2D eigenvalue weighted by Gasteiger charge is 2.08. The zero-order chi connectivity index (χ0) is 20.2. The number of amides is 1. The highest BCUT2D eigenvalue weighted by molar-refractivity contribution is 5.76. The van der Waals surface area contributed by atoms with Crippen LogP contribution < -0.4 is 14.8 Å². The standard InChI is InChI=1S/C23H23NO4/c1-4-14-28-21-12-10-18(15-22(21)26-3)11-13-23(25)24-16-19-6-8-20(9-7-19)17-27-5-2/h1-2,6-10,12,15H,11,13-14,16-17H2,3H3,(H,24,25). The van der Waals surface area contributed by atoms with Gasteiger partial charge in [0.15, 0.2) is 11.5 Å². The Morgan fingerprint density at radius 3 is 2.43 bits per heavy atom. The van der Waals surface area contributed by atoms with Gasteiger partial charge in [-0.2, -0.15) is 0 Å². The Balaban J connectivity index is 1.80. The molecule has 144 valence electrons. The predicted molar refractivity (Wildman–Crippen MR) is 108 cm³/mol. The summed E-state index contributed by atoms with van der Waals surface area (Å²) in [6.07, 6.45) is 13.4.